The molecule has 10 heteroatoms. The summed E-state index contributed by atoms with van der Waals surface area (Å²) in [5.74, 6) is -3.94. The molecule has 0 aliphatic carbocycles. The molecule has 20 heavy (non-hydrogen) atoms. The molecule has 4 N–H and O–H groups in total. The molecule has 7 nitrogen and oxygen atoms in total. The maximum absolute atomic E-state index is 12.4. The van der Waals surface area contributed by atoms with Crippen molar-refractivity contribution < 1.29 is 37.7 Å². The van der Waals surface area contributed by atoms with Crippen LogP contribution >= 0.6 is 0 Å². The summed E-state index contributed by atoms with van der Waals surface area (Å²) in [7, 11) is 1.16. The van der Waals surface area contributed by atoms with E-state index in [0.29, 0.717) is 0 Å². The number of alkyl halides is 3. The molecule has 112 valence electrons. The quantitative estimate of drug-likeness (QED) is 0.687. The number of hydrogen-bond acceptors (Lipinski definition) is 5. The summed E-state index contributed by atoms with van der Waals surface area (Å²) in [5, 5.41) is 14.8. The predicted molar refractivity (Wildman–Crippen MR) is 59.0 cm³/mol. The Morgan fingerprint density at radius 1 is 1.30 bits per heavy atom. The number of pyridine rings is 1. The van der Waals surface area contributed by atoms with Gasteiger partial charge in [0.2, 0.25) is 0 Å². The summed E-state index contributed by atoms with van der Waals surface area (Å²) in [4.78, 5) is 21.6. The Morgan fingerprint density at radius 2 is 1.80 bits per heavy atom. The first-order chi connectivity index (χ1) is 9.13. The third-order valence-electron chi connectivity index (χ3n) is 1.80. The molecule has 0 aromatic carbocycles. The van der Waals surface area contributed by atoms with E-state index >= 15 is 0 Å². The van der Waals surface area contributed by atoms with Gasteiger partial charge in [-0.3, -0.25) is 0 Å². The van der Waals surface area contributed by atoms with Gasteiger partial charge in [0, 0.05) is 6.54 Å². The summed E-state index contributed by atoms with van der Waals surface area (Å²) in [6.07, 6.45) is -4.52. The average Bonchev–Trinajstić information content (AvgIpc) is 2.37. The Bertz CT molecular complexity index is 478. The second-order valence-electron chi connectivity index (χ2n) is 3.17. The first-order valence-corrected chi connectivity index (χ1v) is 4.90. The standard InChI is InChI=1S/C8H9F3N2O.C2H2O4/c1-14-6-3-2-5(4-12)13-7(6)8(9,10)11;3-1(4)2(5)6/h2-3H,4,12H2,1H3;(H,3,4)(H,5,6). The topological polar surface area (TPSA) is 123 Å². The molecule has 1 heterocycles. The van der Waals surface area contributed by atoms with E-state index in [4.69, 9.17) is 25.5 Å². The summed E-state index contributed by atoms with van der Waals surface area (Å²) in [6.45, 7) is -0.0346. The van der Waals surface area contributed by atoms with Crippen LogP contribution in [-0.4, -0.2) is 34.2 Å². The van der Waals surface area contributed by atoms with Crippen molar-refractivity contribution in [3.8, 4) is 5.75 Å². The maximum Gasteiger partial charge on any atom is 0.437 e. The molecule has 0 amide bonds. The zero-order chi connectivity index (χ0) is 15.9. The number of carboxylic acids is 2. The highest BCUT2D eigenvalue weighted by molar-refractivity contribution is 6.27. The van der Waals surface area contributed by atoms with Crippen LogP contribution in [0.5, 0.6) is 5.75 Å². The zero-order valence-corrected chi connectivity index (χ0v) is 10.1. The third kappa shape index (κ3) is 5.52. The maximum atomic E-state index is 12.4. The Kier molecular flexibility index (Phi) is 6.42. The number of carbonyl (C=O) groups is 2. The molecule has 0 atom stereocenters. The first-order valence-electron chi connectivity index (χ1n) is 4.90. The molecule has 1 rings (SSSR count). The lowest BCUT2D eigenvalue weighted by atomic mass is 10.2. The normalized spacial score (nSPS) is 10.2. The first kappa shape index (κ1) is 17.6. The fourth-order valence-corrected chi connectivity index (χ4v) is 0.968. The van der Waals surface area contributed by atoms with E-state index in [1.165, 1.54) is 12.1 Å². The molecule has 0 bridgehead atoms. The lowest BCUT2D eigenvalue weighted by Crippen LogP contribution is -2.13. The van der Waals surface area contributed by atoms with Gasteiger partial charge in [0.15, 0.2) is 5.69 Å². The third-order valence-corrected chi connectivity index (χ3v) is 1.80. The number of halogens is 3. The number of carboxylic acid groups (broad SMARTS) is 2. The van der Waals surface area contributed by atoms with Crippen LogP contribution in [0.3, 0.4) is 0 Å². The highest BCUT2D eigenvalue weighted by atomic mass is 19.4. The van der Waals surface area contributed by atoms with E-state index < -0.39 is 23.8 Å². The van der Waals surface area contributed by atoms with E-state index in [1.807, 2.05) is 0 Å². The van der Waals surface area contributed by atoms with Crippen molar-refractivity contribution in [3.05, 3.63) is 23.5 Å². The molecule has 0 unspecified atom stereocenters. The van der Waals surface area contributed by atoms with Crippen LogP contribution in [0.1, 0.15) is 11.4 Å². The van der Waals surface area contributed by atoms with Gasteiger partial charge < -0.3 is 20.7 Å². The molecule has 0 saturated carbocycles. The number of rotatable bonds is 2. The largest absolute Gasteiger partial charge is 0.494 e. The van der Waals surface area contributed by atoms with E-state index in [-0.39, 0.29) is 18.0 Å². The van der Waals surface area contributed by atoms with E-state index in [1.54, 1.807) is 0 Å². The molecule has 0 fully saturated rings. The molecule has 0 saturated heterocycles. The lowest BCUT2D eigenvalue weighted by Gasteiger charge is -2.11. The Morgan fingerprint density at radius 3 is 2.10 bits per heavy atom. The van der Waals surface area contributed by atoms with Gasteiger partial charge in [0.05, 0.1) is 12.8 Å². The summed E-state index contributed by atoms with van der Waals surface area (Å²) in [5.41, 5.74) is 4.32. The van der Waals surface area contributed by atoms with Crippen molar-refractivity contribution in [1.82, 2.24) is 4.98 Å². The van der Waals surface area contributed by atoms with Crippen molar-refractivity contribution in [2.75, 3.05) is 7.11 Å². The summed E-state index contributed by atoms with van der Waals surface area (Å²) >= 11 is 0. The number of methoxy groups -OCH3 is 1. The number of ether oxygens (including phenoxy) is 1. The van der Waals surface area contributed by atoms with Gasteiger partial charge in [-0.25, -0.2) is 14.6 Å². The fourth-order valence-electron chi connectivity index (χ4n) is 0.968. The second kappa shape index (κ2) is 7.28. The summed E-state index contributed by atoms with van der Waals surface area (Å²) in [6, 6.07) is 2.60. The molecule has 0 radical (unpaired) electrons. The van der Waals surface area contributed by atoms with Crippen LogP contribution in [0.25, 0.3) is 0 Å². The van der Waals surface area contributed by atoms with Crippen molar-refractivity contribution in [2.45, 2.75) is 12.7 Å². The van der Waals surface area contributed by atoms with Crippen molar-refractivity contribution in [1.29, 1.82) is 0 Å². The number of nitrogens with two attached hydrogens (primary N) is 1. The SMILES string of the molecule is COc1ccc(CN)nc1C(F)(F)F.O=C(O)C(=O)O. The highest BCUT2D eigenvalue weighted by Gasteiger charge is 2.36. The fraction of sp³-hybridized carbons (Fsp3) is 0.300. The van der Waals surface area contributed by atoms with Crippen LogP contribution in [-0.2, 0) is 22.3 Å². The smallest absolute Gasteiger partial charge is 0.437 e. The van der Waals surface area contributed by atoms with Gasteiger partial charge in [0.25, 0.3) is 0 Å². The van der Waals surface area contributed by atoms with Crippen molar-refractivity contribution >= 4 is 11.9 Å². The van der Waals surface area contributed by atoms with Gasteiger partial charge >= 0.3 is 18.1 Å². The molecule has 0 spiro atoms. The molecule has 1 aromatic rings. The molecule has 1 aromatic heterocycles. The van der Waals surface area contributed by atoms with Crippen LogP contribution in [0.4, 0.5) is 13.2 Å². The van der Waals surface area contributed by atoms with E-state index in [0.717, 1.165) is 7.11 Å². The number of nitrogens with zero attached hydrogens (tertiary/aromatic N) is 1. The minimum atomic E-state index is -4.52. The zero-order valence-electron chi connectivity index (χ0n) is 10.1. The molecular weight excluding hydrogens is 285 g/mol. The van der Waals surface area contributed by atoms with E-state index in [2.05, 4.69) is 9.72 Å². The van der Waals surface area contributed by atoms with Gasteiger partial charge in [-0.1, -0.05) is 0 Å². The number of aromatic nitrogens is 1. The van der Waals surface area contributed by atoms with Gasteiger partial charge in [0.1, 0.15) is 5.75 Å². The minimum absolute atomic E-state index is 0.0346. The van der Waals surface area contributed by atoms with Gasteiger partial charge in [-0.05, 0) is 12.1 Å². The number of hydrogen-bond donors (Lipinski definition) is 3. The Labute approximate surface area is 110 Å². The molecule has 0 aliphatic rings. The predicted octanol–water partition coefficient (Wildman–Crippen LogP) is 0.723. The second-order valence-corrected chi connectivity index (χ2v) is 3.17. The monoisotopic (exact) mass is 296 g/mol. The molecular formula is C10H11F3N2O5. The Hall–Kier alpha value is -2.36. The van der Waals surface area contributed by atoms with Gasteiger partial charge in [-0.2, -0.15) is 13.2 Å². The number of aliphatic carboxylic acids is 2. The minimum Gasteiger partial charge on any atom is -0.494 e. The average molecular weight is 296 g/mol. The van der Waals surface area contributed by atoms with Crippen LogP contribution in [0.2, 0.25) is 0 Å². The van der Waals surface area contributed by atoms with Gasteiger partial charge in [-0.15, -0.1) is 0 Å². The van der Waals surface area contributed by atoms with Crippen molar-refractivity contribution in [2.24, 2.45) is 5.73 Å². The Balaban J connectivity index is 0.000000511. The van der Waals surface area contributed by atoms with Crippen LogP contribution < -0.4 is 10.5 Å². The van der Waals surface area contributed by atoms with Crippen LogP contribution in [0, 0.1) is 0 Å². The highest BCUT2D eigenvalue weighted by Crippen LogP contribution is 2.34. The summed E-state index contributed by atoms with van der Waals surface area (Å²) < 4.78 is 41.7. The van der Waals surface area contributed by atoms with Crippen LogP contribution in [0.15, 0.2) is 12.1 Å². The van der Waals surface area contributed by atoms with E-state index in [9.17, 15) is 13.2 Å². The molecule has 0 aliphatic heterocycles. The lowest BCUT2D eigenvalue weighted by molar-refractivity contribution is -0.159. The van der Waals surface area contributed by atoms with Crippen molar-refractivity contribution in [3.63, 3.8) is 0 Å².